The van der Waals surface area contributed by atoms with E-state index in [-0.39, 0.29) is 23.7 Å². The molecule has 0 N–H and O–H groups in total. The number of hydrogen-bond donors (Lipinski definition) is 0. The van der Waals surface area contributed by atoms with Crippen LogP contribution in [0.3, 0.4) is 0 Å². The van der Waals surface area contributed by atoms with E-state index in [9.17, 15) is 9.59 Å². The molecular weight excluding hydrogens is 324 g/mol. The van der Waals surface area contributed by atoms with Crippen molar-refractivity contribution in [3.63, 3.8) is 0 Å². The van der Waals surface area contributed by atoms with E-state index in [1.54, 1.807) is 0 Å². The van der Waals surface area contributed by atoms with Gasteiger partial charge < -0.3 is 9.80 Å². The molecule has 0 aromatic rings. The minimum Gasteiger partial charge on any atom is -0.346 e. The molecule has 0 spiro atoms. The van der Waals surface area contributed by atoms with Crippen LogP contribution in [0.5, 0.6) is 0 Å². The van der Waals surface area contributed by atoms with Crippen LogP contribution in [0.25, 0.3) is 0 Å². The average molecular weight is 369 g/mol. The number of nitrogens with zero attached hydrogens (tertiary/aromatic N) is 2. The Morgan fingerprint density at radius 3 is 1.23 bits per heavy atom. The van der Waals surface area contributed by atoms with Crippen molar-refractivity contribution in [2.75, 3.05) is 27.2 Å². The highest BCUT2D eigenvalue weighted by Crippen LogP contribution is 2.17. The van der Waals surface area contributed by atoms with E-state index in [0.29, 0.717) is 0 Å². The highest BCUT2D eigenvalue weighted by Gasteiger charge is 2.29. The van der Waals surface area contributed by atoms with Crippen LogP contribution in [0.15, 0.2) is 0 Å². The van der Waals surface area contributed by atoms with E-state index >= 15 is 0 Å². The third kappa shape index (κ3) is 10.2. The Kier molecular flexibility index (Phi) is 14.4. The quantitative estimate of drug-likeness (QED) is 0.377. The molecule has 0 aromatic carbocycles. The Balaban J connectivity index is 4.24. The second-order valence-electron chi connectivity index (χ2n) is 7.93. The fourth-order valence-corrected chi connectivity index (χ4v) is 3.25. The van der Waals surface area contributed by atoms with Crippen LogP contribution in [0.2, 0.25) is 0 Å². The Morgan fingerprint density at radius 1 is 0.615 bits per heavy atom. The Bertz CT molecular complexity index is 348. The van der Waals surface area contributed by atoms with Crippen molar-refractivity contribution >= 4 is 11.8 Å². The largest absolute Gasteiger partial charge is 0.346 e. The second kappa shape index (κ2) is 15.0. The molecule has 2 amide bonds. The molecule has 0 fully saturated rings. The van der Waals surface area contributed by atoms with E-state index in [2.05, 4.69) is 13.8 Å². The number of carbonyl (C=O) groups is 2. The minimum atomic E-state index is -0.259. The molecule has 0 aliphatic carbocycles. The van der Waals surface area contributed by atoms with Crippen molar-refractivity contribution in [2.45, 2.75) is 91.9 Å². The fraction of sp³-hybridized carbons (Fsp3) is 0.909. The van der Waals surface area contributed by atoms with E-state index in [4.69, 9.17) is 0 Å². The normalized spacial score (nSPS) is 13.3. The molecule has 0 heterocycles. The molecule has 2 atom stereocenters. The van der Waals surface area contributed by atoms with Gasteiger partial charge in [0.25, 0.3) is 0 Å². The Morgan fingerprint density at radius 2 is 0.923 bits per heavy atom. The minimum absolute atomic E-state index is 0.0951. The van der Waals surface area contributed by atoms with Gasteiger partial charge in [0.1, 0.15) is 0 Å². The summed E-state index contributed by atoms with van der Waals surface area (Å²) in [5.74, 6) is -0.327. The summed E-state index contributed by atoms with van der Waals surface area (Å²) in [5.41, 5.74) is 0. The number of unbranched alkanes of at least 4 members (excludes halogenated alkanes) is 8. The van der Waals surface area contributed by atoms with Gasteiger partial charge >= 0.3 is 0 Å². The van der Waals surface area contributed by atoms with Crippen LogP contribution in [0, 0.1) is 11.8 Å². The van der Waals surface area contributed by atoms with E-state index in [0.717, 1.165) is 25.9 Å². The molecule has 0 aromatic heterocycles. The predicted octanol–water partition coefficient (Wildman–Crippen LogP) is 5.12. The first-order valence-corrected chi connectivity index (χ1v) is 10.9. The summed E-state index contributed by atoms with van der Waals surface area (Å²) in [6.07, 6.45) is 11.9. The smallest absolute Gasteiger partial charge is 0.225 e. The van der Waals surface area contributed by atoms with Crippen LogP contribution < -0.4 is 0 Å². The van der Waals surface area contributed by atoms with E-state index in [1.165, 1.54) is 51.4 Å². The lowest BCUT2D eigenvalue weighted by molar-refractivity contribution is -0.143. The van der Waals surface area contributed by atoms with Gasteiger partial charge in [-0.05, 0) is 12.8 Å². The first-order chi connectivity index (χ1) is 12.4. The highest BCUT2D eigenvalue weighted by atomic mass is 16.2. The van der Waals surface area contributed by atoms with Crippen molar-refractivity contribution in [3.05, 3.63) is 0 Å². The van der Waals surface area contributed by atoms with Crippen molar-refractivity contribution in [1.82, 2.24) is 9.80 Å². The molecule has 0 rings (SSSR count). The van der Waals surface area contributed by atoms with Gasteiger partial charge in [0, 0.05) is 39.0 Å². The van der Waals surface area contributed by atoms with Crippen LogP contribution in [-0.4, -0.2) is 48.8 Å². The molecule has 0 saturated carbocycles. The summed E-state index contributed by atoms with van der Waals surface area (Å²) < 4.78 is 0. The lowest BCUT2D eigenvalue weighted by Gasteiger charge is -2.28. The molecule has 4 nitrogen and oxygen atoms in total. The fourth-order valence-electron chi connectivity index (χ4n) is 3.25. The topological polar surface area (TPSA) is 40.6 Å². The maximum atomic E-state index is 12.6. The molecule has 0 saturated heterocycles. The molecule has 0 radical (unpaired) electrons. The third-order valence-corrected chi connectivity index (χ3v) is 5.48. The number of carbonyl (C=O) groups excluding carboxylic acids is 2. The summed E-state index contributed by atoms with van der Waals surface area (Å²) in [4.78, 5) is 28.9. The van der Waals surface area contributed by atoms with Crippen molar-refractivity contribution in [1.29, 1.82) is 0 Å². The molecule has 154 valence electrons. The monoisotopic (exact) mass is 368 g/mol. The van der Waals surface area contributed by atoms with Gasteiger partial charge in [-0.15, -0.1) is 0 Å². The number of hydrogen-bond acceptors (Lipinski definition) is 2. The van der Waals surface area contributed by atoms with Gasteiger partial charge in [0.05, 0.1) is 0 Å². The van der Waals surface area contributed by atoms with E-state index < -0.39 is 0 Å². The summed E-state index contributed by atoms with van der Waals surface area (Å²) in [6, 6.07) is 0. The number of rotatable bonds is 15. The Labute approximate surface area is 162 Å². The molecule has 26 heavy (non-hydrogen) atoms. The summed E-state index contributed by atoms with van der Waals surface area (Å²) >= 11 is 0. The lowest BCUT2D eigenvalue weighted by Crippen LogP contribution is -2.41. The van der Waals surface area contributed by atoms with Crippen LogP contribution >= 0.6 is 0 Å². The first kappa shape index (κ1) is 24.9. The number of amides is 2. The molecule has 0 bridgehead atoms. The maximum absolute atomic E-state index is 12.6. The third-order valence-electron chi connectivity index (χ3n) is 5.48. The van der Waals surface area contributed by atoms with Crippen LogP contribution in [0.4, 0.5) is 0 Å². The molecular formula is C22H44N2O2. The lowest BCUT2D eigenvalue weighted by atomic mass is 9.93. The summed E-state index contributed by atoms with van der Waals surface area (Å²) in [7, 11) is 3.74. The molecule has 0 aliphatic heterocycles. The van der Waals surface area contributed by atoms with Gasteiger partial charge in [-0.2, -0.15) is 0 Å². The second-order valence-corrected chi connectivity index (χ2v) is 7.93. The highest BCUT2D eigenvalue weighted by molar-refractivity contribution is 5.87. The SMILES string of the molecule is CCCCCCCN(C)C(=O)C(C)C(C)C(=O)N(C)CCCCCCC. The van der Waals surface area contributed by atoms with Gasteiger partial charge in [0.15, 0.2) is 0 Å². The zero-order valence-electron chi connectivity index (χ0n) is 18.4. The zero-order chi connectivity index (χ0) is 19.9. The first-order valence-electron chi connectivity index (χ1n) is 10.9. The molecule has 2 unspecified atom stereocenters. The van der Waals surface area contributed by atoms with Crippen LogP contribution in [0.1, 0.15) is 91.9 Å². The summed E-state index contributed by atoms with van der Waals surface area (Å²) in [5, 5.41) is 0. The van der Waals surface area contributed by atoms with Crippen molar-refractivity contribution in [3.8, 4) is 0 Å². The van der Waals surface area contributed by atoms with Gasteiger partial charge in [-0.3, -0.25) is 9.59 Å². The molecule has 0 aliphatic rings. The molecule has 4 heteroatoms. The van der Waals surface area contributed by atoms with Crippen LogP contribution in [-0.2, 0) is 9.59 Å². The van der Waals surface area contributed by atoms with Crippen molar-refractivity contribution < 1.29 is 9.59 Å². The Hall–Kier alpha value is -1.06. The average Bonchev–Trinajstić information content (AvgIpc) is 2.64. The zero-order valence-corrected chi connectivity index (χ0v) is 18.4. The van der Waals surface area contributed by atoms with Crippen molar-refractivity contribution in [2.24, 2.45) is 11.8 Å². The van der Waals surface area contributed by atoms with Gasteiger partial charge in [-0.1, -0.05) is 79.1 Å². The summed E-state index contributed by atoms with van der Waals surface area (Å²) in [6.45, 7) is 9.79. The van der Waals surface area contributed by atoms with Gasteiger partial charge in [0.2, 0.25) is 11.8 Å². The maximum Gasteiger partial charge on any atom is 0.225 e. The predicted molar refractivity (Wildman–Crippen MR) is 111 cm³/mol. The van der Waals surface area contributed by atoms with Gasteiger partial charge in [-0.25, -0.2) is 0 Å². The van der Waals surface area contributed by atoms with E-state index in [1.807, 2.05) is 37.7 Å². The standard InChI is InChI=1S/C22H44N2O2/c1-7-9-11-13-15-17-23(5)21(25)19(3)20(4)22(26)24(6)18-16-14-12-10-8-2/h19-20H,7-18H2,1-6H3.